The first-order valence-electron chi connectivity index (χ1n) is 14.7. The predicted molar refractivity (Wildman–Crippen MR) is 160 cm³/mol. The van der Waals surface area contributed by atoms with E-state index in [9.17, 15) is 19.6 Å². The standard InChI is InChI=1S/C28H40FN6O9P/c1-4-40-25-23-24(32-27(30)33-25)35(17-31-23)22(15-36)43-28(29,19(3)37)16-41-45(39,44-21-13-9-6-10-14-21)34-18(2)26(38)42-20-11-7-5-8-12-20/h6,9-10,13-14,17-20,22,36-37H,4-5,7-8,11-12,15-16H2,1-3H3,(H,34,39)(H2,30,32,33)/t18?,19-,22+,28+,45?/m0/s1. The Kier molecular flexibility index (Phi) is 11.7. The van der Waals surface area contributed by atoms with E-state index in [1.807, 2.05) is 0 Å². The number of carbonyl (C=O) groups excluding carboxylic acids is 1. The molecule has 3 aromatic rings. The molecule has 1 aliphatic carbocycles. The Balaban J connectivity index is 1.55. The zero-order chi connectivity index (χ0) is 32.6. The summed E-state index contributed by atoms with van der Waals surface area (Å²) in [6, 6.07) is 6.75. The number of rotatable bonds is 16. The number of alkyl halides is 1. The van der Waals surface area contributed by atoms with Crippen molar-refractivity contribution in [3.8, 4) is 11.6 Å². The van der Waals surface area contributed by atoms with Crippen molar-refractivity contribution >= 4 is 30.8 Å². The summed E-state index contributed by atoms with van der Waals surface area (Å²) in [6.45, 7) is 2.52. The minimum atomic E-state index is -4.53. The number of hydrogen-bond acceptors (Lipinski definition) is 13. The number of esters is 1. The van der Waals surface area contributed by atoms with Crippen molar-refractivity contribution < 1.29 is 47.2 Å². The summed E-state index contributed by atoms with van der Waals surface area (Å²) < 4.78 is 59.2. The number of aliphatic hydroxyl groups excluding tert-OH is 2. The van der Waals surface area contributed by atoms with E-state index in [2.05, 4.69) is 20.0 Å². The van der Waals surface area contributed by atoms with Crippen LogP contribution in [0.1, 0.15) is 59.1 Å². The van der Waals surface area contributed by atoms with Gasteiger partial charge < -0.3 is 34.7 Å². The first kappa shape index (κ1) is 34.5. The number of ether oxygens (including phenoxy) is 3. The lowest BCUT2D eigenvalue weighted by atomic mass is 9.98. The van der Waals surface area contributed by atoms with Gasteiger partial charge in [0, 0.05) is 0 Å². The second-order valence-electron chi connectivity index (χ2n) is 10.6. The Morgan fingerprint density at radius 1 is 1.22 bits per heavy atom. The maximum atomic E-state index is 16.4. The minimum absolute atomic E-state index is 0.0592. The number of aromatic nitrogens is 4. The molecule has 0 bridgehead atoms. The minimum Gasteiger partial charge on any atom is -0.476 e. The summed E-state index contributed by atoms with van der Waals surface area (Å²) in [5.41, 5.74) is 6.04. The lowest BCUT2D eigenvalue weighted by molar-refractivity contribution is -0.263. The molecule has 0 amide bonds. The van der Waals surface area contributed by atoms with Crippen LogP contribution in [0.15, 0.2) is 36.7 Å². The Hall–Kier alpha value is -3.40. The Morgan fingerprint density at radius 3 is 2.58 bits per heavy atom. The summed E-state index contributed by atoms with van der Waals surface area (Å²) in [5, 5.41) is 23.1. The third-order valence-electron chi connectivity index (χ3n) is 7.05. The van der Waals surface area contributed by atoms with Crippen molar-refractivity contribution in [3.05, 3.63) is 36.7 Å². The first-order chi connectivity index (χ1) is 21.5. The van der Waals surface area contributed by atoms with E-state index in [1.54, 1.807) is 25.1 Å². The highest BCUT2D eigenvalue weighted by atomic mass is 31.2. The van der Waals surface area contributed by atoms with Gasteiger partial charge in [0.25, 0.3) is 5.85 Å². The molecule has 2 unspecified atom stereocenters. The van der Waals surface area contributed by atoms with Crippen LogP contribution in [0, 0.1) is 0 Å². The number of nitrogen functional groups attached to an aromatic ring is 1. The van der Waals surface area contributed by atoms with Crippen LogP contribution in [0.2, 0.25) is 0 Å². The van der Waals surface area contributed by atoms with Gasteiger partial charge in [-0.05, 0) is 58.6 Å². The third-order valence-corrected chi connectivity index (χ3v) is 8.67. The van der Waals surface area contributed by atoms with Crippen molar-refractivity contribution in [1.82, 2.24) is 24.6 Å². The van der Waals surface area contributed by atoms with E-state index < -0.39 is 51.2 Å². The average molecular weight is 655 g/mol. The fraction of sp³-hybridized carbons (Fsp3) is 0.571. The molecule has 0 aliphatic heterocycles. The summed E-state index contributed by atoms with van der Waals surface area (Å²) in [4.78, 5) is 25.1. The highest BCUT2D eigenvalue weighted by molar-refractivity contribution is 7.52. The lowest BCUT2D eigenvalue weighted by Crippen LogP contribution is -2.46. The van der Waals surface area contributed by atoms with Crippen LogP contribution < -0.4 is 20.1 Å². The number of benzene rings is 1. The number of fused-ring (bicyclic) bond motifs is 1. The number of halogens is 1. The van der Waals surface area contributed by atoms with Crippen LogP contribution in [0.3, 0.4) is 0 Å². The molecule has 15 nitrogen and oxygen atoms in total. The molecule has 1 aromatic carbocycles. The molecule has 2 aromatic heterocycles. The highest BCUT2D eigenvalue weighted by Gasteiger charge is 2.44. The Labute approximate surface area is 259 Å². The number of imidazole rings is 1. The molecule has 0 radical (unpaired) electrons. The van der Waals surface area contributed by atoms with Gasteiger partial charge in [0.15, 0.2) is 17.4 Å². The largest absolute Gasteiger partial charge is 0.476 e. The second-order valence-corrected chi connectivity index (χ2v) is 12.3. The van der Waals surface area contributed by atoms with Crippen LogP contribution in [0.4, 0.5) is 10.3 Å². The van der Waals surface area contributed by atoms with E-state index in [0.29, 0.717) is 0 Å². The Bertz CT molecular complexity index is 1460. The fourth-order valence-corrected chi connectivity index (χ4v) is 6.14. The number of carbonyl (C=O) groups is 1. The van der Waals surface area contributed by atoms with Crippen LogP contribution in [-0.4, -0.2) is 79.6 Å². The highest BCUT2D eigenvalue weighted by Crippen LogP contribution is 2.46. The zero-order valence-electron chi connectivity index (χ0n) is 25.4. The van der Waals surface area contributed by atoms with Crippen molar-refractivity contribution in [3.63, 3.8) is 0 Å². The number of para-hydroxylation sites is 1. The molecular weight excluding hydrogens is 614 g/mol. The zero-order valence-corrected chi connectivity index (χ0v) is 26.3. The number of aliphatic hydroxyl groups is 2. The molecule has 1 saturated carbocycles. The quantitative estimate of drug-likeness (QED) is 0.129. The van der Waals surface area contributed by atoms with Crippen LogP contribution in [0.25, 0.3) is 11.2 Å². The lowest BCUT2D eigenvalue weighted by Gasteiger charge is -2.33. The number of nitrogens with two attached hydrogens (primary N) is 1. The van der Waals surface area contributed by atoms with Gasteiger partial charge in [-0.2, -0.15) is 15.1 Å². The number of hydrogen-bond donors (Lipinski definition) is 4. The van der Waals surface area contributed by atoms with Gasteiger partial charge in [0.05, 0.1) is 19.5 Å². The molecule has 0 spiro atoms. The molecule has 4 rings (SSSR count). The van der Waals surface area contributed by atoms with Crippen LogP contribution in [-0.2, 0) is 23.4 Å². The number of anilines is 1. The predicted octanol–water partition coefficient (Wildman–Crippen LogP) is 3.42. The molecule has 248 valence electrons. The number of nitrogens with zero attached hydrogens (tertiary/aromatic N) is 4. The van der Waals surface area contributed by atoms with Crippen molar-refractivity contribution in [2.75, 3.05) is 25.6 Å². The SMILES string of the molecule is CCOc1nc(N)nc2c1ncn2[C@@H](CO)O[C@](F)(COP(=O)(NC(C)C(=O)OC1CCCCC1)Oc1ccccc1)[C@H](C)O. The molecule has 5 N–H and O–H groups in total. The van der Waals surface area contributed by atoms with E-state index in [-0.39, 0.29) is 41.5 Å². The van der Waals surface area contributed by atoms with E-state index in [1.165, 1.54) is 30.0 Å². The summed E-state index contributed by atoms with van der Waals surface area (Å²) >= 11 is 0. The van der Waals surface area contributed by atoms with E-state index >= 15 is 4.39 Å². The van der Waals surface area contributed by atoms with Crippen molar-refractivity contribution in [2.45, 2.75) is 83.2 Å². The smallest absolute Gasteiger partial charge is 0.459 e. The average Bonchev–Trinajstić information content (AvgIpc) is 3.43. The summed E-state index contributed by atoms with van der Waals surface area (Å²) in [5.74, 6) is -3.75. The van der Waals surface area contributed by atoms with E-state index in [4.69, 9.17) is 29.0 Å². The van der Waals surface area contributed by atoms with Gasteiger partial charge in [-0.15, -0.1) is 0 Å². The maximum Gasteiger partial charge on any atom is 0.459 e. The number of nitrogens with one attached hydrogen (secondary N) is 1. The molecule has 5 atom stereocenters. The van der Waals surface area contributed by atoms with Gasteiger partial charge in [0.2, 0.25) is 11.8 Å². The van der Waals surface area contributed by atoms with Crippen LogP contribution >= 0.6 is 7.75 Å². The monoisotopic (exact) mass is 654 g/mol. The molecule has 1 aliphatic rings. The second kappa shape index (κ2) is 15.3. The topological polar surface area (TPSA) is 202 Å². The van der Waals surface area contributed by atoms with Crippen molar-refractivity contribution in [2.24, 2.45) is 0 Å². The van der Waals surface area contributed by atoms with Gasteiger partial charge in [0.1, 0.15) is 30.6 Å². The molecule has 45 heavy (non-hydrogen) atoms. The van der Waals surface area contributed by atoms with Gasteiger partial charge in [-0.1, -0.05) is 24.6 Å². The normalized spacial score (nSPS) is 18.8. The van der Waals surface area contributed by atoms with Gasteiger partial charge in [-0.3, -0.25) is 13.9 Å². The maximum absolute atomic E-state index is 16.4. The summed E-state index contributed by atoms with van der Waals surface area (Å²) in [7, 11) is -4.53. The molecule has 1 fully saturated rings. The van der Waals surface area contributed by atoms with Gasteiger partial charge in [-0.25, -0.2) is 13.9 Å². The third kappa shape index (κ3) is 8.87. The van der Waals surface area contributed by atoms with Gasteiger partial charge >= 0.3 is 13.7 Å². The molecule has 0 saturated heterocycles. The molecular formula is C28H40FN6O9P. The molecule has 17 heteroatoms. The van der Waals surface area contributed by atoms with E-state index in [0.717, 1.165) is 39.0 Å². The summed E-state index contributed by atoms with van der Waals surface area (Å²) in [6.07, 6.45) is 1.95. The molecule has 2 heterocycles. The first-order valence-corrected chi connectivity index (χ1v) is 16.3. The Morgan fingerprint density at radius 2 is 1.93 bits per heavy atom. The van der Waals surface area contributed by atoms with Crippen molar-refractivity contribution in [1.29, 1.82) is 0 Å². The fourth-order valence-electron chi connectivity index (χ4n) is 4.64. The van der Waals surface area contributed by atoms with Crippen LogP contribution in [0.5, 0.6) is 11.6 Å².